The van der Waals surface area contributed by atoms with Crippen molar-refractivity contribution in [3.05, 3.63) is 52.2 Å². The third kappa shape index (κ3) is 4.52. The fraction of sp³-hybridized carbons (Fsp3) is 0.375. The first-order valence-corrected chi connectivity index (χ1v) is 8.82. The molecule has 0 aromatic carbocycles. The minimum absolute atomic E-state index is 0.103. The SMILES string of the molecule is Cc1ccn(C[C@@H](C)NC(=O)c2cn(C[C@@H](O)c3cccs3)nn2)n1. The van der Waals surface area contributed by atoms with Crippen molar-refractivity contribution < 1.29 is 9.90 Å². The maximum Gasteiger partial charge on any atom is 0.273 e. The summed E-state index contributed by atoms with van der Waals surface area (Å²) in [4.78, 5) is 13.1. The Labute approximate surface area is 149 Å². The molecule has 3 aromatic heterocycles. The molecule has 2 atom stereocenters. The molecular weight excluding hydrogens is 340 g/mol. The van der Waals surface area contributed by atoms with Crippen molar-refractivity contribution >= 4 is 17.2 Å². The van der Waals surface area contributed by atoms with E-state index in [2.05, 4.69) is 20.7 Å². The Hall–Kier alpha value is -2.52. The lowest BCUT2D eigenvalue weighted by atomic mass is 10.3. The molecule has 25 heavy (non-hydrogen) atoms. The van der Waals surface area contributed by atoms with Gasteiger partial charge in [-0.05, 0) is 31.4 Å². The summed E-state index contributed by atoms with van der Waals surface area (Å²) in [5, 5.41) is 27.0. The average Bonchev–Trinajstić information content (AvgIpc) is 3.28. The number of thiophene rings is 1. The van der Waals surface area contributed by atoms with E-state index in [0.717, 1.165) is 10.6 Å². The van der Waals surface area contributed by atoms with E-state index in [1.807, 2.05) is 43.6 Å². The van der Waals surface area contributed by atoms with Gasteiger partial charge in [0, 0.05) is 17.1 Å². The highest BCUT2D eigenvalue weighted by Gasteiger charge is 2.16. The Morgan fingerprint density at radius 3 is 2.88 bits per heavy atom. The fourth-order valence-electron chi connectivity index (χ4n) is 2.43. The molecule has 0 bridgehead atoms. The van der Waals surface area contributed by atoms with Crippen LogP contribution in [0.3, 0.4) is 0 Å². The van der Waals surface area contributed by atoms with E-state index in [1.54, 1.807) is 4.68 Å². The number of carbonyl (C=O) groups is 1. The first-order valence-electron chi connectivity index (χ1n) is 7.94. The van der Waals surface area contributed by atoms with Crippen LogP contribution in [0.4, 0.5) is 0 Å². The van der Waals surface area contributed by atoms with Gasteiger partial charge in [-0.25, -0.2) is 4.68 Å². The quantitative estimate of drug-likeness (QED) is 0.664. The van der Waals surface area contributed by atoms with E-state index in [0.29, 0.717) is 6.54 Å². The van der Waals surface area contributed by atoms with Gasteiger partial charge < -0.3 is 10.4 Å². The van der Waals surface area contributed by atoms with E-state index >= 15 is 0 Å². The maximum atomic E-state index is 12.3. The largest absolute Gasteiger partial charge is 0.386 e. The van der Waals surface area contributed by atoms with Crippen molar-refractivity contribution in [3.8, 4) is 0 Å². The number of hydrogen-bond acceptors (Lipinski definition) is 6. The molecule has 0 saturated carbocycles. The van der Waals surface area contributed by atoms with Crippen LogP contribution in [0.5, 0.6) is 0 Å². The summed E-state index contributed by atoms with van der Waals surface area (Å²) < 4.78 is 3.26. The van der Waals surface area contributed by atoms with Crippen LogP contribution >= 0.6 is 11.3 Å². The standard InChI is InChI=1S/C16H20N6O2S/c1-11-5-6-21(19-11)8-12(2)17-16(24)13-9-22(20-18-13)10-14(23)15-4-3-7-25-15/h3-7,9,12,14,23H,8,10H2,1-2H3,(H,17,24)/t12-,14-/m1/s1. The van der Waals surface area contributed by atoms with E-state index in [4.69, 9.17) is 0 Å². The lowest BCUT2D eigenvalue weighted by molar-refractivity contribution is 0.0930. The van der Waals surface area contributed by atoms with E-state index < -0.39 is 6.10 Å². The van der Waals surface area contributed by atoms with Crippen LogP contribution in [0.1, 0.15) is 34.1 Å². The number of rotatable bonds is 7. The monoisotopic (exact) mass is 360 g/mol. The number of nitrogens with one attached hydrogen (secondary N) is 1. The fourth-order valence-corrected chi connectivity index (χ4v) is 3.13. The third-order valence-electron chi connectivity index (χ3n) is 3.62. The lowest BCUT2D eigenvalue weighted by Crippen LogP contribution is -2.36. The van der Waals surface area contributed by atoms with Crippen LogP contribution in [0.15, 0.2) is 36.0 Å². The molecule has 9 heteroatoms. The summed E-state index contributed by atoms with van der Waals surface area (Å²) in [6.45, 7) is 4.65. The second-order valence-corrected chi connectivity index (χ2v) is 6.89. The molecule has 0 unspecified atom stereocenters. The second-order valence-electron chi connectivity index (χ2n) is 5.91. The van der Waals surface area contributed by atoms with Gasteiger partial charge in [-0.2, -0.15) is 5.10 Å². The zero-order valence-corrected chi connectivity index (χ0v) is 14.8. The summed E-state index contributed by atoms with van der Waals surface area (Å²) >= 11 is 1.48. The molecule has 0 aliphatic heterocycles. The molecule has 3 heterocycles. The van der Waals surface area contributed by atoms with Crippen LogP contribution < -0.4 is 5.32 Å². The highest BCUT2D eigenvalue weighted by molar-refractivity contribution is 7.10. The number of aromatic nitrogens is 5. The van der Waals surface area contributed by atoms with Crippen LogP contribution in [-0.4, -0.2) is 41.8 Å². The average molecular weight is 360 g/mol. The second kappa shape index (κ2) is 7.58. The molecule has 0 spiro atoms. The van der Waals surface area contributed by atoms with Gasteiger partial charge in [0.15, 0.2) is 5.69 Å². The molecule has 0 fully saturated rings. The van der Waals surface area contributed by atoms with Crippen molar-refractivity contribution in [2.45, 2.75) is 39.1 Å². The third-order valence-corrected chi connectivity index (χ3v) is 4.59. The number of aliphatic hydroxyl groups is 1. The zero-order valence-electron chi connectivity index (χ0n) is 14.0. The topological polar surface area (TPSA) is 97.9 Å². The van der Waals surface area contributed by atoms with Crippen LogP contribution in [-0.2, 0) is 13.1 Å². The van der Waals surface area contributed by atoms with Crippen molar-refractivity contribution in [3.63, 3.8) is 0 Å². The summed E-state index contributed by atoms with van der Waals surface area (Å²) in [6.07, 6.45) is 2.75. The summed E-state index contributed by atoms with van der Waals surface area (Å²) in [5.74, 6) is -0.298. The summed E-state index contributed by atoms with van der Waals surface area (Å²) in [6, 6.07) is 5.55. The number of aryl methyl sites for hydroxylation is 1. The smallest absolute Gasteiger partial charge is 0.273 e. The van der Waals surface area contributed by atoms with Gasteiger partial charge in [0.1, 0.15) is 6.10 Å². The lowest BCUT2D eigenvalue weighted by Gasteiger charge is -2.12. The molecule has 1 amide bonds. The zero-order chi connectivity index (χ0) is 17.8. The van der Waals surface area contributed by atoms with Crippen LogP contribution in [0, 0.1) is 6.92 Å². The van der Waals surface area contributed by atoms with Crippen molar-refractivity contribution in [2.75, 3.05) is 0 Å². The molecule has 0 aliphatic carbocycles. The normalized spacial score (nSPS) is 13.6. The Balaban J connectivity index is 1.55. The molecule has 0 aliphatic rings. The molecule has 0 radical (unpaired) electrons. The molecule has 3 rings (SSSR count). The Morgan fingerprint density at radius 1 is 1.36 bits per heavy atom. The Morgan fingerprint density at radius 2 is 2.20 bits per heavy atom. The van der Waals surface area contributed by atoms with Crippen molar-refractivity contribution in [1.82, 2.24) is 30.1 Å². The molecule has 8 nitrogen and oxygen atoms in total. The van der Waals surface area contributed by atoms with E-state index in [-0.39, 0.29) is 24.2 Å². The van der Waals surface area contributed by atoms with Gasteiger partial charge in [-0.15, -0.1) is 16.4 Å². The minimum atomic E-state index is -0.667. The van der Waals surface area contributed by atoms with Gasteiger partial charge >= 0.3 is 0 Å². The predicted molar refractivity (Wildman–Crippen MR) is 93.2 cm³/mol. The minimum Gasteiger partial charge on any atom is -0.386 e. The first kappa shape index (κ1) is 17.3. The molecule has 2 N–H and O–H groups in total. The molecule has 3 aromatic rings. The van der Waals surface area contributed by atoms with Gasteiger partial charge in [-0.1, -0.05) is 11.3 Å². The Bertz CT molecular complexity index is 825. The van der Waals surface area contributed by atoms with Gasteiger partial charge in [-0.3, -0.25) is 9.48 Å². The van der Waals surface area contributed by atoms with Crippen LogP contribution in [0.25, 0.3) is 0 Å². The van der Waals surface area contributed by atoms with E-state index in [1.165, 1.54) is 22.2 Å². The number of aliphatic hydroxyl groups excluding tert-OH is 1. The number of carbonyl (C=O) groups excluding carboxylic acids is 1. The van der Waals surface area contributed by atoms with Crippen LogP contribution in [0.2, 0.25) is 0 Å². The predicted octanol–water partition coefficient (Wildman–Crippen LogP) is 1.40. The van der Waals surface area contributed by atoms with Gasteiger partial charge in [0.2, 0.25) is 0 Å². The molecule has 0 saturated heterocycles. The van der Waals surface area contributed by atoms with Gasteiger partial charge in [0.05, 0.1) is 25.0 Å². The number of nitrogens with zero attached hydrogens (tertiary/aromatic N) is 5. The maximum absolute atomic E-state index is 12.3. The molecular formula is C16H20N6O2S. The number of hydrogen-bond donors (Lipinski definition) is 2. The van der Waals surface area contributed by atoms with Crippen molar-refractivity contribution in [1.29, 1.82) is 0 Å². The van der Waals surface area contributed by atoms with Gasteiger partial charge in [0.25, 0.3) is 5.91 Å². The van der Waals surface area contributed by atoms with E-state index in [9.17, 15) is 9.90 Å². The Kier molecular flexibility index (Phi) is 5.25. The summed E-state index contributed by atoms with van der Waals surface area (Å²) in [7, 11) is 0. The molecule has 132 valence electrons. The summed E-state index contributed by atoms with van der Waals surface area (Å²) in [5.41, 5.74) is 1.16. The van der Waals surface area contributed by atoms with Crippen molar-refractivity contribution in [2.24, 2.45) is 0 Å². The highest BCUT2D eigenvalue weighted by Crippen LogP contribution is 2.19. The number of amides is 1. The highest BCUT2D eigenvalue weighted by atomic mass is 32.1. The first-order chi connectivity index (χ1) is 12.0.